The molecule has 1 fully saturated rings. The molecule has 0 atom stereocenters. The topological polar surface area (TPSA) is 85.6 Å². The molecule has 1 aliphatic carbocycles. The van der Waals surface area contributed by atoms with Crippen LogP contribution in [0.1, 0.15) is 56.6 Å². The fourth-order valence-corrected chi connectivity index (χ4v) is 3.10. The summed E-state index contributed by atoms with van der Waals surface area (Å²) in [6.07, 6.45) is 8.80. The van der Waals surface area contributed by atoms with Crippen molar-refractivity contribution in [3.05, 3.63) is 11.6 Å². The summed E-state index contributed by atoms with van der Waals surface area (Å²) in [5.74, 6) is 2.54. The second-order valence-corrected chi connectivity index (χ2v) is 7.07. The number of ether oxygens (including phenoxy) is 2. The van der Waals surface area contributed by atoms with Gasteiger partial charge in [0.25, 0.3) is 0 Å². The van der Waals surface area contributed by atoms with Gasteiger partial charge < -0.3 is 24.7 Å². The predicted octanol–water partition coefficient (Wildman–Crippen LogP) is 2.55. The minimum Gasteiger partial charge on any atom is -0.385 e. The van der Waals surface area contributed by atoms with Gasteiger partial charge in [0, 0.05) is 40.5 Å². The normalized spacial score (nSPS) is 15.3. The van der Waals surface area contributed by atoms with E-state index < -0.39 is 0 Å². The van der Waals surface area contributed by atoms with Crippen molar-refractivity contribution in [2.45, 2.75) is 64.5 Å². The molecule has 0 unspecified atom stereocenters. The summed E-state index contributed by atoms with van der Waals surface area (Å²) < 4.78 is 13.1. The first-order chi connectivity index (χ1) is 13.2. The molecule has 28 heavy (non-hydrogen) atoms. The third-order valence-corrected chi connectivity index (χ3v) is 4.90. The fraction of sp³-hybridized carbons (Fsp3) is 0.842. The minimum atomic E-state index is 0. The highest BCUT2D eigenvalue weighted by Gasteiger charge is 2.13. The lowest BCUT2D eigenvalue weighted by Gasteiger charge is -2.22. The standard InChI is InChI=1S/C19H36N6O2.HI/c1-16-23-24-18(25(16)2)15-22-19(20-11-7-13-26-3)21-12-8-14-27-17-9-5-4-6-10-17;/h17H,4-15H2,1-3H3,(H2,20,21,22);1H. The van der Waals surface area contributed by atoms with Crippen LogP contribution in [0.2, 0.25) is 0 Å². The summed E-state index contributed by atoms with van der Waals surface area (Å²) in [5, 5.41) is 15.0. The molecule has 0 amide bonds. The number of aliphatic imine (C=N–C) groups is 1. The third-order valence-electron chi connectivity index (χ3n) is 4.90. The monoisotopic (exact) mass is 508 g/mol. The number of methoxy groups -OCH3 is 1. The summed E-state index contributed by atoms with van der Waals surface area (Å²) in [7, 11) is 3.68. The van der Waals surface area contributed by atoms with Crippen molar-refractivity contribution in [1.29, 1.82) is 0 Å². The number of aromatic nitrogens is 3. The molecule has 1 saturated carbocycles. The quantitative estimate of drug-likeness (QED) is 0.207. The van der Waals surface area contributed by atoms with Gasteiger partial charge in [0.1, 0.15) is 12.4 Å². The van der Waals surface area contributed by atoms with Gasteiger partial charge in [0.2, 0.25) is 0 Å². The highest BCUT2D eigenvalue weighted by molar-refractivity contribution is 14.0. The van der Waals surface area contributed by atoms with Crippen LogP contribution < -0.4 is 10.6 Å². The van der Waals surface area contributed by atoms with Crippen LogP contribution >= 0.6 is 24.0 Å². The smallest absolute Gasteiger partial charge is 0.191 e. The molecule has 1 aliphatic rings. The lowest BCUT2D eigenvalue weighted by molar-refractivity contribution is 0.0277. The molecule has 0 saturated heterocycles. The summed E-state index contributed by atoms with van der Waals surface area (Å²) in [6, 6.07) is 0. The van der Waals surface area contributed by atoms with Crippen molar-refractivity contribution in [3.8, 4) is 0 Å². The van der Waals surface area contributed by atoms with Gasteiger partial charge in [-0.25, -0.2) is 4.99 Å². The van der Waals surface area contributed by atoms with Gasteiger partial charge >= 0.3 is 0 Å². The molecular weight excluding hydrogens is 471 g/mol. The number of aryl methyl sites for hydroxylation is 1. The van der Waals surface area contributed by atoms with E-state index in [0.717, 1.165) is 56.8 Å². The maximum absolute atomic E-state index is 5.99. The molecule has 1 heterocycles. The van der Waals surface area contributed by atoms with Gasteiger partial charge in [0.05, 0.1) is 6.10 Å². The zero-order chi connectivity index (χ0) is 19.3. The van der Waals surface area contributed by atoms with E-state index in [2.05, 4.69) is 25.8 Å². The Balaban J connectivity index is 0.00000392. The molecule has 0 radical (unpaired) electrons. The van der Waals surface area contributed by atoms with Gasteiger partial charge in [-0.15, -0.1) is 34.2 Å². The average Bonchev–Trinajstić information content (AvgIpc) is 3.01. The zero-order valence-corrected chi connectivity index (χ0v) is 19.9. The third kappa shape index (κ3) is 9.51. The maximum Gasteiger partial charge on any atom is 0.191 e. The van der Waals surface area contributed by atoms with Gasteiger partial charge in [-0.1, -0.05) is 19.3 Å². The predicted molar refractivity (Wildman–Crippen MR) is 122 cm³/mol. The highest BCUT2D eigenvalue weighted by atomic mass is 127. The molecule has 162 valence electrons. The number of hydrogen-bond acceptors (Lipinski definition) is 5. The van der Waals surface area contributed by atoms with Gasteiger partial charge in [-0.2, -0.15) is 0 Å². The Hall–Kier alpha value is -0.940. The lowest BCUT2D eigenvalue weighted by atomic mass is 9.98. The molecular formula is C19H37IN6O2. The van der Waals surface area contributed by atoms with Crippen LogP contribution in [-0.4, -0.2) is 60.2 Å². The van der Waals surface area contributed by atoms with Crippen LogP contribution in [0.15, 0.2) is 4.99 Å². The second-order valence-electron chi connectivity index (χ2n) is 7.07. The first kappa shape index (κ1) is 25.1. The summed E-state index contributed by atoms with van der Waals surface area (Å²) in [5.41, 5.74) is 0. The maximum atomic E-state index is 5.99. The molecule has 8 nitrogen and oxygen atoms in total. The number of nitrogens with zero attached hydrogens (tertiary/aromatic N) is 4. The molecule has 2 N–H and O–H groups in total. The molecule has 0 spiro atoms. The van der Waals surface area contributed by atoms with Crippen molar-refractivity contribution in [1.82, 2.24) is 25.4 Å². The summed E-state index contributed by atoms with van der Waals surface area (Å²) in [4.78, 5) is 4.64. The number of nitrogens with one attached hydrogen (secondary N) is 2. The van der Waals surface area contributed by atoms with Crippen molar-refractivity contribution >= 4 is 29.9 Å². The Morgan fingerprint density at radius 2 is 1.79 bits per heavy atom. The van der Waals surface area contributed by atoms with Crippen LogP contribution in [0.4, 0.5) is 0 Å². The molecule has 1 aromatic heterocycles. The van der Waals surface area contributed by atoms with E-state index in [1.807, 2.05) is 18.5 Å². The van der Waals surface area contributed by atoms with E-state index in [4.69, 9.17) is 9.47 Å². The van der Waals surface area contributed by atoms with Crippen molar-refractivity contribution < 1.29 is 9.47 Å². The Morgan fingerprint density at radius 3 is 2.39 bits per heavy atom. The number of rotatable bonds is 11. The molecule has 9 heteroatoms. The Kier molecular flexibility index (Phi) is 13.4. The van der Waals surface area contributed by atoms with E-state index >= 15 is 0 Å². The second kappa shape index (κ2) is 15.0. The Labute approximate surface area is 186 Å². The number of hydrogen-bond donors (Lipinski definition) is 2. The van der Waals surface area contributed by atoms with E-state index in [1.165, 1.54) is 32.1 Å². The molecule has 0 aliphatic heterocycles. The van der Waals surface area contributed by atoms with E-state index in [9.17, 15) is 0 Å². The summed E-state index contributed by atoms with van der Waals surface area (Å²) in [6.45, 7) is 5.62. The highest BCUT2D eigenvalue weighted by Crippen LogP contribution is 2.20. The average molecular weight is 508 g/mol. The number of guanidine groups is 1. The van der Waals surface area contributed by atoms with E-state index in [0.29, 0.717) is 12.6 Å². The molecule has 0 aromatic carbocycles. The van der Waals surface area contributed by atoms with E-state index in [-0.39, 0.29) is 24.0 Å². The number of halogens is 1. The van der Waals surface area contributed by atoms with Gasteiger partial charge in [0.15, 0.2) is 11.8 Å². The van der Waals surface area contributed by atoms with Crippen LogP contribution in [0, 0.1) is 6.92 Å². The lowest BCUT2D eigenvalue weighted by Crippen LogP contribution is -2.39. The molecule has 1 aromatic rings. The Bertz CT molecular complexity index is 561. The first-order valence-electron chi connectivity index (χ1n) is 10.2. The van der Waals surface area contributed by atoms with Crippen LogP contribution in [-0.2, 0) is 23.1 Å². The largest absolute Gasteiger partial charge is 0.385 e. The summed E-state index contributed by atoms with van der Waals surface area (Å²) >= 11 is 0. The SMILES string of the molecule is COCCCNC(=NCc1nnc(C)n1C)NCCCOC1CCCCC1.I. The van der Waals surface area contributed by atoms with Gasteiger partial charge in [-0.05, 0) is 32.6 Å². The molecule has 2 rings (SSSR count). The van der Waals surface area contributed by atoms with Crippen LogP contribution in [0.25, 0.3) is 0 Å². The zero-order valence-electron chi connectivity index (χ0n) is 17.6. The fourth-order valence-electron chi connectivity index (χ4n) is 3.10. The molecule has 0 bridgehead atoms. The van der Waals surface area contributed by atoms with Crippen LogP contribution in [0.5, 0.6) is 0 Å². The first-order valence-corrected chi connectivity index (χ1v) is 10.2. The van der Waals surface area contributed by atoms with Crippen molar-refractivity contribution in [2.24, 2.45) is 12.0 Å². The van der Waals surface area contributed by atoms with E-state index in [1.54, 1.807) is 7.11 Å². The van der Waals surface area contributed by atoms with Gasteiger partial charge in [-0.3, -0.25) is 0 Å². The van der Waals surface area contributed by atoms with Crippen molar-refractivity contribution in [2.75, 3.05) is 33.4 Å². The van der Waals surface area contributed by atoms with Crippen LogP contribution in [0.3, 0.4) is 0 Å². The minimum absolute atomic E-state index is 0. The van der Waals surface area contributed by atoms with Crippen molar-refractivity contribution in [3.63, 3.8) is 0 Å². The Morgan fingerprint density at radius 1 is 1.11 bits per heavy atom.